The third kappa shape index (κ3) is 7.08. The highest BCUT2D eigenvalue weighted by Gasteiger charge is 2.16. The second kappa shape index (κ2) is 13.6. The van der Waals surface area contributed by atoms with Crippen LogP contribution in [0.4, 0.5) is 34.9 Å². The summed E-state index contributed by atoms with van der Waals surface area (Å²) in [6.07, 6.45) is 6.83. The number of benzene rings is 3. The quantitative estimate of drug-likeness (QED) is 0.107. The highest BCUT2D eigenvalue weighted by Crippen LogP contribution is 2.26. The number of hydrogen-bond donors (Lipinski definition) is 6. The van der Waals surface area contributed by atoms with E-state index in [0.717, 1.165) is 27.8 Å². The van der Waals surface area contributed by atoms with Crippen LogP contribution in [-0.2, 0) is 17.9 Å². The summed E-state index contributed by atoms with van der Waals surface area (Å²) in [5.41, 5.74) is 29.7. The largest absolute Gasteiger partial charge is 0.391 e. The molecule has 0 radical (unpaired) electrons. The van der Waals surface area contributed by atoms with E-state index < -0.39 is 0 Å². The van der Waals surface area contributed by atoms with Gasteiger partial charge in [-0.3, -0.25) is 21.1 Å². The Kier molecular flexibility index (Phi) is 9.18. The highest BCUT2D eigenvalue weighted by molar-refractivity contribution is 6.05. The molecule has 0 bridgehead atoms. The minimum atomic E-state index is -0.295. The molecule has 46 heavy (non-hydrogen) atoms. The molecular weight excluding hydrogens is 580 g/mol. The van der Waals surface area contributed by atoms with Crippen molar-refractivity contribution in [3.63, 3.8) is 0 Å². The maximum Gasteiger partial charge on any atom is 0.391 e. The van der Waals surface area contributed by atoms with Crippen molar-refractivity contribution in [3.8, 4) is 22.3 Å². The molecule has 0 atom stereocenters. The summed E-state index contributed by atoms with van der Waals surface area (Å²) in [6, 6.07) is 21.6. The number of nitrogens with two attached hydrogens (primary N) is 4. The first-order valence-corrected chi connectivity index (χ1v) is 14.7. The Morgan fingerprint density at radius 3 is 1.59 bits per heavy atom. The molecule has 0 aliphatic heterocycles. The van der Waals surface area contributed by atoms with E-state index >= 15 is 0 Å². The lowest BCUT2D eigenvalue weighted by molar-refractivity contribution is -0.681. The van der Waals surface area contributed by atoms with Gasteiger partial charge in [-0.15, -0.1) is 0 Å². The van der Waals surface area contributed by atoms with Crippen LogP contribution in [0, 0.1) is 0 Å². The number of nitrogens with one attached hydrogen (secondary N) is 2. The fourth-order valence-electron chi connectivity index (χ4n) is 4.79. The van der Waals surface area contributed by atoms with Crippen LogP contribution in [0.15, 0.2) is 91.3 Å². The summed E-state index contributed by atoms with van der Waals surface area (Å²) in [5.74, 6) is 0.819. The van der Waals surface area contributed by atoms with Crippen LogP contribution >= 0.6 is 0 Å². The summed E-state index contributed by atoms with van der Waals surface area (Å²) < 4.78 is 3.62. The van der Waals surface area contributed by atoms with Gasteiger partial charge in [0, 0.05) is 23.0 Å². The molecule has 0 saturated carbocycles. The van der Waals surface area contributed by atoms with Crippen molar-refractivity contribution in [1.29, 1.82) is 0 Å². The Balaban J connectivity index is 1.16. The van der Waals surface area contributed by atoms with E-state index in [0.29, 0.717) is 53.6 Å². The first-order chi connectivity index (χ1) is 22.1. The topological polar surface area (TPSA) is 196 Å². The minimum Gasteiger partial charge on any atom is -0.369 e. The molecule has 0 unspecified atom stereocenters. The summed E-state index contributed by atoms with van der Waals surface area (Å²) in [4.78, 5) is 33.8. The van der Waals surface area contributed by atoms with Crippen LogP contribution in [0.25, 0.3) is 28.3 Å². The van der Waals surface area contributed by atoms with Crippen LogP contribution < -0.4 is 42.7 Å². The van der Waals surface area contributed by atoms with Crippen LogP contribution in [0.2, 0.25) is 0 Å². The molecule has 2 heterocycles. The molecule has 3 aromatic carbocycles. The molecule has 0 fully saturated rings. The number of carbonyl (C=O) groups excluding carboxylic acids is 2. The number of anilines is 6. The zero-order valence-electron chi connectivity index (χ0n) is 25.6. The van der Waals surface area contributed by atoms with E-state index in [9.17, 15) is 9.59 Å². The molecule has 5 rings (SSSR count). The van der Waals surface area contributed by atoms with E-state index in [1.165, 1.54) is 6.08 Å². The predicted molar refractivity (Wildman–Crippen MR) is 181 cm³/mol. The Morgan fingerprint density at radius 1 is 0.674 bits per heavy atom. The van der Waals surface area contributed by atoms with Crippen molar-refractivity contribution in [2.75, 3.05) is 33.6 Å². The highest BCUT2D eigenvalue weighted by atomic mass is 16.2. The van der Waals surface area contributed by atoms with Gasteiger partial charge in [0.25, 0.3) is 5.91 Å². The first kappa shape index (κ1) is 31.1. The lowest BCUT2D eigenvalue weighted by Gasteiger charge is -2.09. The average Bonchev–Trinajstić information content (AvgIpc) is 3.05. The van der Waals surface area contributed by atoms with Crippen molar-refractivity contribution in [1.82, 2.24) is 9.97 Å². The summed E-state index contributed by atoms with van der Waals surface area (Å²) in [7, 11) is 0. The standard InChI is InChI=1S/C34H34N10O2/c1-3-43-19-27(30(35)41-33(43)37)22-10-14-25(15-11-22)39-29(45)18-7-21-5-8-24(9-6-21)32(46)40-26-16-12-23(13-17-26)28-20-44(4-2)34(38)42-31(28)36/h5-20H,3-4H2,1-2H3,(H8,35,36,37,38,39,40,41,42,45,46)/p+2/b18-7+. The number of aromatic nitrogens is 4. The maximum atomic E-state index is 12.8. The van der Waals surface area contributed by atoms with Gasteiger partial charge in [-0.25, -0.2) is 9.13 Å². The molecule has 0 aliphatic rings. The Morgan fingerprint density at radius 2 is 1.13 bits per heavy atom. The van der Waals surface area contributed by atoms with Crippen molar-refractivity contribution < 1.29 is 18.7 Å². The number of hydrogen-bond acceptors (Lipinski definition) is 8. The normalized spacial score (nSPS) is 11.0. The summed E-state index contributed by atoms with van der Waals surface area (Å²) in [6.45, 7) is 5.27. The van der Waals surface area contributed by atoms with Gasteiger partial charge < -0.3 is 22.1 Å². The van der Waals surface area contributed by atoms with Crippen LogP contribution in [0.3, 0.4) is 0 Å². The van der Waals surface area contributed by atoms with Crippen LogP contribution in [0.5, 0.6) is 0 Å². The van der Waals surface area contributed by atoms with E-state index in [1.54, 1.807) is 54.6 Å². The number of nitrogens with zero attached hydrogens (tertiary/aromatic N) is 4. The zero-order chi connectivity index (χ0) is 32.8. The molecular formula is C34H36N10O2+2. The molecule has 12 heteroatoms. The van der Waals surface area contributed by atoms with E-state index in [4.69, 9.17) is 22.9 Å². The maximum absolute atomic E-state index is 12.8. The smallest absolute Gasteiger partial charge is 0.369 e. The Labute approximate surface area is 266 Å². The minimum absolute atomic E-state index is 0.261. The monoisotopic (exact) mass is 616 g/mol. The van der Waals surface area contributed by atoms with Gasteiger partial charge >= 0.3 is 11.9 Å². The third-order valence-corrected chi connectivity index (χ3v) is 7.38. The van der Waals surface area contributed by atoms with Crippen molar-refractivity contribution >= 4 is 52.8 Å². The third-order valence-electron chi connectivity index (χ3n) is 7.38. The Hall–Kier alpha value is -6.30. The van der Waals surface area contributed by atoms with Gasteiger partial charge in [-0.05, 0) is 73.0 Å². The molecule has 0 aliphatic carbocycles. The SMILES string of the molecule is CC[n+]1cc(-c2ccc(NC(=O)/C=C/c3ccc(C(=O)Nc4ccc(-c5c[n+](CC)c(N)nc5N)cc4)cc3)cc2)c(N)nc1N. The van der Waals surface area contributed by atoms with Crippen LogP contribution in [-0.4, -0.2) is 21.8 Å². The molecule has 12 nitrogen and oxygen atoms in total. The molecule has 0 spiro atoms. The lowest BCUT2D eigenvalue weighted by Crippen LogP contribution is -2.37. The number of carbonyl (C=O) groups is 2. The van der Waals surface area contributed by atoms with Crippen LogP contribution in [0.1, 0.15) is 29.8 Å². The van der Waals surface area contributed by atoms with Crippen molar-refractivity contribution in [2.24, 2.45) is 0 Å². The number of nitrogen functional groups attached to an aromatic ring is 4. The van der Waals surface area contributed by atoms with Gasteiger partial charge in [0.15, 0.2) is 0 Å². The van der Waals surface area contributed by atoms with Gasteiger partial charge in [0.05, 0.1) is 36.6 Å². The van der Waals surface area contributed by atoms with E-state index in [2.05, 4.69) is 20.6 Å². The average molecular weight is 617 g/mol. The number of amides is 2. The van der Waals surface area contributed by atoms with E-state index in [-0.39, 0.29) is 11.8 Å². The molecule has 2 aromatic heterocycles. The number of rotatable bonds is 9. The van der Waals surface area contributed by atoms with Gasteiger partial charge in [0.2, 0.25) is 17.5 Å². The molecule has 10 N–H and O–H groups in total. The zero-order valence-corrected chi connectivity index (χ0v) is 25.6. The van der Waals surface area contributed by atoms with Gasteiger partial charge in [-0.2, -0.15) is 0 Å². The van der Waals surface area contributed by atoms with Crippen molar-refractivity contribution in [2.45, 2.75) is 26.9 Å². The predicted octanol–water partition coefficient (Wildman–Crippen LogP) is 3.66. The number of aryl methyl sites for hydroxylation is 2. The fourth-order valence-corrected chi connectivity index (χ4v) is 4.79. The second-order valence-electron chi connectivity index (χ2n) is 10.4. The van der Waals surface area contributed by atoms with Gasteiger partial charge in [0.1, 0.15) is 0 Å². The summed E-state index contributed by atoms with van der Waals surface area (Å²) in [5, 5.41) is 5.74. The molecule has 0 saturated heterocycles. The first-order valence-electron chi connectivity index (χ1n) is 14.7. The van der Waals surface area contributed by atoms with E-state index in [1.807, 2.05) is 59.6 Å². The van der Waals surface area contributed by atoms with Gasteiger partial charge in [-0.1, -0.05) is 46.4 Å². The summed E-state index contributed by atoms with van der Waals surface area (Å²) >= 11 is 0. The molecule has 232 valence electrons. The lowest BCUT2D eigenvalue weighted by atomic mass is 10.1. The molecule has 2 amide bonds. The van der Waals surface area contributed by atoms with Crippen molar-refractivity contribution in [3.05, 3.63) is 102 Å². The molecule has 5 aromatic rings. The Bertz CT molecular complexity index is 1920. The second-order valence-corrected chi connectivity index (χ2v) is 10.4. The fraction of sp³-hybridized carbons (Fsp3) is 0.118.